The monoisotopic (exact) mass is 215 g/mol. The number of rotatable bonds is 2. The highest BCUT2D eigenvalue weighted by atomic mass is 16.5. The van der Waals surface area contributed by atoms with Crippen LogP contribution in [0.1, 0.15) is 25.7 Å². The van der Waals surface area contributed by atoms with Crippen molar-refractivity contribution >= 4 is 0 Å². The molecule has 2 heterocycles. The van der Waals surface area contributed by atoms with E-state index in [1.165, 1.54) is 0 Å². The summed E-state index contributed by atoms with van der Waals surface area (Å²) < 4.78 is 10.8. The Bertz CT molecular complexity index is 206. The third-order valence-corrected chi connectivity index (χ3v) is 4.02. The van der Waals surface area contributed by atoms with Crippen LogP contribution < -0.4 is 5.73 Å². The van der Waals surface area contributed by atoms with E-state index in [9.17, 15) is 5.11 Å². The molecule has 2 saturated heterocycles. The van der Waals surface area contributed by atoms with Gasteiger partial charge in [0.05, 0.1) is 12.2 Å². The van der Waals surface area contributed by atoms with Gasteiger partial charge in [0.1, 0.15) is 0 Å². The van der Waals surface area contributed by atoms with Gasteiger partial charge in [-0.15, -0.1) is 0 Å². The zero-order chi connectivity index (χ0) is 10.8. The first kappa shape index (κ1) is 11.3. The van der Waals surface area contributed by atoms with Gasteiger partial charge in [-0.05, 0) is 19.3 Å². The number of aliphatic hydroxyl groups is 1. The summed E-state index contributed by atoms with van der Waals surface area (Å²) in [5.74, 6) is 0. The van der Waals surface area contributed by atoms with Gasteiger partial charge in [-0.25, -0.2) is 0 Å². The fourth-order valence-electron chi connectivity index (χ4n) is 2.79. The summed E-state index contributed by atoms with van der Waals surface area (Å²) in [7, 11) is 0. The van der Waals surface area contributed by atoms with Gasteiger partial charge in [0.25, 0.3) is 0 Å². The van der Waals surface area contributed by atoms with Crippen LogP contribution in [0.2, 0.25) is 0 Å². The van der Waals surface area contributed by atoms with Gasteiger partial charge in [-0.3, -0.25) is 0 Å². The lowest BCUT2D eigenvalue weighted by molar-refractivity contribution is -0.0949. The van der Waals surface area contributed by atoms with Crippen LogP contribution in [-0.2, 0) is 9.47 Å². The normalized spacial score (nSPS) is 42.8. The van der Waals surface area contributed by atoms with Gasteiger partial charge in [0.15, 0.2) is 0 Å². The smallest absolute Gasteiger partial charge is 0.0761 e. The molecule has 2 atom stereocenters. The largest absolute Gasteiger partial charge is 0.389 e. The van der Waals surface area contributed by atoms with Crippen LogP contribution in [0.5, 0.6) is 0 Å². The zero-order valence-electron chi connectivity index (χ0n) is 9.21. The maximum Gasteiger partial charge on any atom is 0.0761 e. The lowest BCUT2D eigenvalue weighted by Crippen LogP contribution is -2.53. The molecule has 4 heteroatoms. The minimum absolute atomic E-state index is 0.235. The second-order valence-corrected chi connectivity index (χ2v) is 4.78. The molecule has 0 saturated carbocycles. The van der Waals surface area contributed by atoms with E-state index in [4.69, 9.17) is 15.2 Å². The van der Waals surface area contributed by atoms with Crippen molar-refractivity contribution in [2.24, 2.45) is 11.1 Å². The molecule has 3 N–H and O–H groups in total. The maximum atomic E-state index is 10.8. The Kier molecular flexibility index (Phi) is 3.30. The summed E-state index contributed by atoms with van der Waals surface area (Å²) in [5, 5.41) is 10.8. The van der Waals surface area contributed by atoms with Crippen LogP contribution in [0.25, 0.3) is 0 Å². The highest BCUT2D eigenvalue weighted by Crippen LogP contribution is 2.44. The van der Waals surface area contributed by atoms with Crippen LogP contribution >= 0.6 is 0 Å². The third-order valence-electron chi connectivity index (χ3n) is 4.02. The van der Waals surface area contributed by atoms with Crippen molar-refractivity contribution in [3.63, 3.8) is 0 Å². The molecule has 0 aromatic carbocycles. The Balaban J connectivity index is 2.16. The Hall–Kier alpha value is -0.160. The molecule has 0 bridgehead atoms. The lowest BCUT2D eigenvalue weighted by Gasteiger charge is -2.43. The standard InChI is InChI=1S/C11H21NO3/c12-8-10(3-6-15-9-10)11(13)2-1-5-14-7-4-11/h13H,1-9,12H2. The van der Waals surface area contributed by atoms with Crippen molar-refractivity contribution in [3.8, 4) is 0 Å². The third kappa shape index (κ3) is 1.91. The number of ether oxygens (including phenoxy) is 2. The molecule has 15 heavy (non-hydrogen) atoms. The van der Waals surface area contributed by atoms with E-state index in [0.29, 0.717) is 26.2 Å². The molecular formula is C11H21NO3. The van der Waals surface area contributed by atoms with E-state index in [0.717, 1.165) is 32.5 Å². The van der Waals surface area contributed by atoms with Gasteiger partial charge >= 0.3 is 0 Å². The number of hydrogen-bond acceptors (Lipinski definition) is 4. The van der Waals surface area contributed by atoms with E-state index in [1.54, 1.807) is 0 Å². The number of nitrogens with two attached hydrogens (primary N) is 1. The van der Waals surface area contributed by atoms with Crippen molar-refractivity contribution < 1.29 is 14.6 Å². The predicted molar refractivity (Wildman–Crippen MR) is 56.5 cm³/mol. The average molecular weight is 215 g/mol. The average Bonchev–Trinajstić information content (AvgIpc) is 2.64. The zero-order valence-corrected chi connectivity index (χ0v) is 9.21. The summed E-state index contributed by atoms with van der Waals surface area (Å²) in [6.07, 6.45) is 3.26. The van der Waals surface area contributed by atoms with Crippen LogP contribution in [0.15, 0.2) is 0 Å². The molecule has 2 fully saturated rings. The maximum absolute atomic E-state index is 10.8. The fourth-order valence-corrected chi connectivity index (χ4v) is 2.79. The van der Waals surface area contributed by atoms with E-state index < -0.39 is 5.60 Å². The first-order valence-corrected chi connectivity index (χ1v) is 5.80. The molecule has 0 spiro atoms. The summed E-state index contributed by atoms with van der Waals surface area (Å²) >= 11 is 0. The summed E-state index contributed by atoms with van der Waals surface area (Å²) in [6.45, 7) is 3.21. The van der Waals surface area contributed by atoms with E-state index in [1.807, 2.05) is 0 Å². The molecule has 0 amide bonds. The summed E-state index contributed by atoms with van der Waals surface area (Å²) in [6, 6.07) is 0. The Morgan fingerprint density at radius 3 is 2.53 bits per heavy atom. The minimum atomic E-state index is -0.686. The lowest BCUT2D eigenvalue weighted by atomic mass is 9.67. The Morgan fingerprint density at radius 1 is 1.07 bits per heavy atom. The molecule has 88 valence electrons. The molecule has 0 aliphatic carbocycles. The van der Waals surface area contributed by atoms with Gasteiger partial charge in [-0.1, -0.05) is 0 Å². The topological polar surface area (TPSA) is 64.7 Å². The molecule has 2 aliphatic rings. The van der Waals surface area contributed by atoms with Crippen molar-refractivity contribution in [1.29, 1.82) is 0 Å². The first-order valence-electron chi connectivity index (χ1n) is 5.80. The first-order chi connectivity index (χ1) is 7.22. The fraction of sp³-hybridized carbons (Fsp3) is 1.00. The molecular weight excluding hydrogens is 194 g/mol. The van der Waals surface area contributed by atoms with E-state index in [-0.39, 0.29) is 5.41 Å². The summed E-state index contributed by atoms with van der Waals surface area (Å²) in [4.78, 5) is 0. The Morgan fingerprint density at radius 2 is 1.87 bits per heavy atom. The van der Waals surface area contributed by atoms with E-state index >= 15 is 0 Å². The van der Waals surface area contributed by atoms with Crippen LogP contribution in [0.3, 0.4) is 0 Å². The Labute approximate surface area is 90.7 Å². The van der Waals surface area contributed by atoms with Crippen molar-refractivity contribution in [1.82, 2.24) is 0 Å². The quantitative estimate of drug-likeness (QED) is 0.694. The van der Waals surface area contributed by atoms with Gasteiger partial charge in [-0.2, -0.15) is 0 Å². The molecule has 2 rings (SSSR count). The van der Waals surface area contributed by atoms with Crippen molar-refractivity contribution in [2.75, 3.05) is 33.0 Å². The van der Waals surface area contributed by atoms with E-state index in [2.05, 4.69) is 0 Å². The van der Waals surface area contributed by atoms with Gasteiger partial charge in [0, 0.05) is 38.2 Å². The minimum Gasteiger partial charge on any atom is -0.389 e. The second-order valence-electron chi connectivity index (χ2n) is 4.78. The van der Waals surface area contributed by atoms with Crippen molar-refractivity contribution in [3.05, 3.63) is 0 Å². The molecule has 4 nitrogen and oxygen atoms in total. The van der Waals surface area contributed by atoms with Crippen molar-refractivity contribution in [2.45, 2.75) is 31.3 Å². The molecule has 0 radical (unpaired) electrons. The molecule has 2 unspecified atom stereocenters. The molecule has 0 aromatic rings. The predicted octanol–water partition coefficient (Wildman–Crippen LogP) is 0.283. The number of hydrogen-bond donors (Lipinski definition) is 2. The highest BCUT2D eigenvalue weighted by Gasteiger charge is 2.51. The highest BCUT2D eigenvalue weighted by molar-refractivity contribution is 5.02. The SMILES string of the molecule is NCC1(C2(O)CCCOCC2)CCOC1. The molecule has 0 aromatic heterocycles. The molecule has 2 aliphatic heterocycles. The summed E-state index contributed by atoms with van der Waals surface area (Å²) in [5.41, 5.74) is 4.93. The van der Waals surface area contributed by atoms with Gasteiger partial charge < -0.3 is 20.3 Å². The van der Waals surface area contributed by atoms with Crippen LogP contribution in [-0.4, -0.2) is 43.7 Å². The van der Waals surface area contributed by atoms with Crippen LogP contribution in [0.4, 0.5) is 0 Å². The van der Waals surface area contributed by atoms with Crippen LogP contribution in [0, 0.1) is 5.41 Å². The second kappa shape index (κ2) is 4.37. The van der Waals surface area contributed by atoms with Gasteiger partial charge in [0.2, 0.25) is 0 Å².